The fourth-order valence-corrected chi connectivity index (χ4v) is 1.87. The van der Waals surface area contributed by atoms with Crippen molar-refractivity contribution >= 4 is 5.91 Å². The molecule has 1 aromatic rings. The molecule has 0 spiro atoms. The molecule has 1 amide bonds. The SMILES string of the molecule is CC(=O)N1CCc2c[n+](C)ccc2C1. The van der Waals surface area contributed by atoms with E-state index in [1.54, 1.807) is 6.92 Å². The molecule has 0 saturated carbocycles. The number of aryl methyl sites for hydroxylation is 1. The Kier molecular flexibility index (Phi) is 2.23. The van der Waals surface area contributed by atoms with Gasteiger partial charge in [0.1, 0.15) is 7.05 Å². The number of hydrogen-bond acceptors (Lipinski definition) is 1. The van der Waals surface area contributed by atoms with Gasteiger partial charge in [-0.1, -0.05) is 0 Å². The molecule has 0 fully saturated rings. The standard InChI is InChI=1S/C11H15N2O/c1-9(14)13-6-4-10-7-12(2)5-3-11(10)8-13/h3,5,7H,4,6,8H2,1-2H3/q+1. The van der Waals surface area contributed by atoms with Gasteiger partial charge in [0.15, 0.2) is 12.4 Å². The molecule has 0 saturated heterocycles. The molecule has 1 aromatic heterocycles. The first-order valence-electron chi connectivity index (χ1n) is 4.89. The minimum absolute atomic E-state index is 0.170. The molecule has 3 nitrogen and oxygen atoms in total. The molecule has 0 bridgehead atoms. The minimum atomic E-state index is 0.170. The van der Waals surface area contributed by atoms with E-state index < -0.39 is 0 Å². The Morgan fingerprint density at radius 3 is 3.00 bits per heavy atom. The van der Waals surface area contributed by atoms with Crippen molar-refractivity contribution in [2.45, 2.75) is 19.9 Å². The third kappa shape index (κ3) is 1.62. The van der Waals surface area contributed by atoms with Crippen molar-refractivity contribution in [3.05, 3.63) is 29.6 Å². The maximum Gasteiger partial charge on any atom is 0.219 e. The van der Waals surface area contributed by atoms with E-state index in [4.69, 9.17) is 0 Å². The largest absolute Gasteiger partial charge is 0.338 e. The number of carbonyl (C=O) groups excluding carboxylic acids is 1. The average Bonchev–Trinajstić information content (AvgIpc) is 2.16. The van der Waals surface area contributed by atoms with Gasteiger partial charge in [-0.05, 0) is 12.0 Å². The summed E-state index contributed by atoms with van der Waals surface area (Å²) in [6.07, 6.45) is 5.15. The lowest BCUT2D eigenvalue weighted by atomic mass is 10.0. The van der Waals surface area contributed by atoms with Gasteiger partial charge in [0.2, 0.25) is 5.91 Å². The molecule has 14 heavy (non-hydrogen) atoms. The summed E-state index contributed by atoms with van der Waals surface area (Å²) >= 11 is 0. The van der Waals surface area contributed by atoms with Crippen molar-refractivity contribution in [1.82, 2.24) is 4.90 Å². The minimum Gasteiger partial charge on any atom is -0.338 e. The number of rotatable bonds is 0. The molecule has 0 aliphatic carbocycles. The topological polar surface area (TPSA) is 24.2 Å². The predicted octanol–water partition coefficient (Wildman–Crippen LogP) is 0.416. The lowest BCUT2D eigenvalue weighted by Crippen LogP contribution is -2.37. The number of amides is 1. The predicted molar refractivity (Wildman–Crippen MR) is 52.4 cm³/mol. The van der Waals surface area contributed by atoms with E-state index in [0.29, 0.717) is 0 Å². The van der Waals surface area contributed by atoms with Gasteiger partial charge in [-0.25, -0.2) is 4.57 Å². The smallest absolute Gasteiger partial charge is 0.219 e. The molecule has 0 aromatic carbocycles. The highest BCUT2D eigenvalue weighted by Crippen LogP contribution is 2.16. The Balaban J connectivity index is 2.27. The number of nitrogens with zero attached hydrogens (tertiary/aromatic N) is 2. The van der Waals surface area contributed by atoms with Crippen LogP contribution in [0, 0.1) is 0 Å². The van der Waals surface area contributed by atoms with Gasteiger partial charge in [-0.15, -0.1) is 0 Å². The van der Waals surface area contributed by atoms with Gasteiger partial charge in [-0.2, -0.15) is 0 Å². The molecular weight excluding hydrogens is 176 g/mol. The highest BCUT2D eigenvalue weighted by molar-refractivity contribution is 5.73. The third-order valence-corrected chi connectivity index (χ3v) is 2.74. The fourth-order valence-electron chi connectivity index (χ4n) is 1.87. The molecule has 3 heteroatoms. The summed E-state index contributed by atoms with van der Waals surface area (Å²) in [5, 5.41) is 0. The second-order valence-electron chi connectivity index (χ2n) is 3.85. The van der Waals surface area contributed by atoms with Gasteiger partial charge >= 0.3 is 0 Å². The van der Waals surface area contributed by atoms with Crippen LogP contribution in [-0.4, -0.2) is 17.4 Å². The average molecular weight is 191 g/mol. The van der Waals surface area contributed by atoms with Crippen LogP contribution in [0.15, 0.2) is 18.5 Å². The number of carbonyl (C=O) groups is 1. The summed E-state index contributed by atoms with van der Waals surface area (Å²) in [5.41, 5.74) is 2.65. The summed E-state index contributed by atoms with van der Waals surface area (Å²) < 4.78 is 2.06. The van der Waals surface area contributed by atoms with E-state index >= 15 is 0 Å². The number of pyridine rings is 1. The Bertz CT molecular complexity index is 374. The Labute approximate surface area is 84.0 Å². The van der Waals surface area contributed by atoms with Crippen molar-refractivity contribution in [3.8, 4) is 0 Å². The molecule has 74 valence electrons. The van der Waals surface area contributed by atoms with Crippen LogP contribution >= 0.6 is 0 Å². The van der Waals surface area contributed by atoms with Crippen LogP contribution in [0.5, 0.6) is 0 Å². The summed E-state index contributed by atoms with van der Waals surface area (Å²) in [5.74, 6) is 0.170. The lowest BCUT2D eigenvalue weighted by Gasteiger charge is -2.26. The van der Waals surface area contributed by atoms with E-state index in [2.05, 4.69) is 16.8 Å². The van der Waals surface area contributed by atoms with Crippen molar-refractivity contribution in [1.29, 1.82) is 0 Å². The number of fused-ring (bicyclic) bond motifs is 1. The first kappa shape index (κ1) is 9.19. The summed E-state index contributed by atoms with van der Waals surface area (Å²) in [6, 6.07) is 2.10. The van der Waals surface area contributed by atoms with Crippen molar-refractivity contribution in [2.75, 3.05) is 6.54 Å². The van der Waals surface area contributed by atoms with Crippen molar-refractivity contribution < 1.29 is 9.36 Å². The van der Waals surface area contributed by atoms with Crippen LogP contribution in [0.3, 0.4) is 0 Å². The molecule has 2 heterocycles. The van der Waals surface area contributed by atoms with E-state index in [-0.39, 0.29) is 5.91 Å². The van der Waals surface area contributed by atoms with Crippen molar-refractivity contribution in [2.24, 2.45) is 7.05 Å². The zero-order valence-electron chi connectivity index (χ0n) is 8.66. The van der Waals surface area contributed by atoms with Crippen LogP contribution in [0.25, 0.3) is 0 Å². The lowest BCUT2D eigenvalue weighted by molar-refractivity contribution is -0.672. The van der Waals surface area contributed by atoms with Crippen molar-refractivity contribution in [3.63, 3.8) is 0 Å². The number of hydrogen-bond donors (Lipinski definition) is 0. The first-order valence-corrected chi connectivity index (χ1v) is 4.89. The van der Waals surface area contributed by atoms with E-state index in [1.807, 2.05) is 18.1 Å². The zero-order valence-corrected chi connectivity index (χ0v) is 8.66. The van der Waals surface area contributed by atoms with Crippen LogP contribution in [0.4, 0.5) is 0 Å². The fraction of sp³-hybridized carbons (Fsp3) is 0.455. The second-order valence-corrected chi connectivity index (χ2v) is 3.85. The molecule has 2 rings (SSSR count). The zero-order chi connectivity index (χ0) is 10.1. The molecule has 1 aliphatic rings. The molecule has 0 N–H and O–H groups in total. The summed E-state index contributed by atoms with van der Waals surface area (Å²) in [4.78, 5) is 13.1. The van der Waals surface area contributed by atoms with Crippen LogP contribution in [0.2, 0.25) is 0 Å². The molecule has 1 aliphatic heterocycles. The molecule has 0 atom stereocenters. The van der Waals surface area contributed by atoms with E-state index in [1.165, 1.54) is 11.1 Å². The Morgan fingerprint density at radius 1 is 1.50 bits per heavy atom. The highest BCUT2D eigenvalue weighted by atomic mass is 16.2. The van der Waals surface area contributed by atoms with Crippen LogP contribution in [0.1, 0.15) is 18.1 Å². The Hall–Kier alpha value is -1.38. The van der Waals surface area contributed by atoms with Crippen LogP contribution < -0.4 is 4.57 Å². The number of aromatic nitrogens is 1. The van der Waals surface area contributed by atoms with E-state index in [0.717, 1.165) is 19.5 Å². The third-order valence-electron chi connectivity index (χ3n) is 2.74. The maximum absolute atomic E-state index is 11.2. The van der Waals surface area contributed by atoms with Gasteiger partial charge in [0, 0.05) is 31.6 Å². The Morgan fingerprint density at radius 2 is 2.29 bits per heavy atom. The molecular formula is C11H15N2O+. The quantitative estimate of drug-likeness (QED) is 0.545. The monoisotopic (exact) mass is 191 g/mol. The maximum atomic E-state index is 11.2. The first-order chi connectivity index (χ1) is 6.66. The highest BCUT2D eigenvalue weighted by Gasteiger charge is 2.19. The summed E-state index contributed by atoms with van der Waals surface area (Å²) in [7, 11) is 2.03. The van der Waals surface area contributed by atoms with Gasteiger partial charge < -0.3 is 4.90 Å². The molecule has 0 radical (unpaired) electrons. The normalized spacial score (nSPS) is 15.1. The second kappa shape index (κ2) is 3.40. The van der Waals surface area contributed by atoms with Gasteiger partial charge in [0.25, 0.3) is 0 Å². The van der Waals surface area contributed by atoms with Gasteiger partial charge in [0.05, 0.1) is 0 Å². The summed E-state index contributed by atoms with van der Waals surface area (Å²) in [6.45, 7) is 3.26. The van der Waals surface area contributed by atoms with Gasteiger partial charge in [-0.3, -0.25) is 4.79 Å². The molecule has 0 unspecified atom stereocenters. The van der Waals surface area contributed by atoms with E-state index in [9.17, 15) is 4.79 Å². The van der Waals surface area contributed by atoms with Crippen LogP contribution in [-0.2, 0) is 24.8 Å².